The van der Waals surface area contributed by atoms with Crippen LogP contribution in [-0.2, 0) is 11.8 Å². The molecule has 0 aliphatic heterocycles. The van der Waals surface area contributed by atoms with Crippen LogP contribution in [0.5, 0.6) is 0 Å². The summed E-state index contributed by atoms with van der Waals surface area (Å²) < 4.78 is 2.04. The molecule has 3 heterocycles. The highest BCUT2D eigenvalue weighted by Crippen LogP contribution is 2.28. The Hall–Kier alpha value is -1.61. The lowest BCUT2D eigenvalue weighted by atomic mass is 10.3. The number of halogens is 2. The van der Waals surface area contributed by atoms with E-state index in [-0.39, 0.29) is 23.0 Å². The molecule has 25 heavy (non-hydrogen) atoms. The summed E-state index contributed by atoms with van der Waals surface area (Å²) in [6.07, 6.45) is 1.43. The van der Waals surface area contributed by atoms with E-state index in [4.69, 9.17) is 23.2 Å². The zero-order chi connectivity index (χ0) is 18.1. The molecule has 130 valence electrons. The molecule has 3 aromatic heterocycles. The summed E-state index contributed by atoms with van der Waals surface area (Å²) in [4.78, 5) is 32.8. The molecular formula is C15H12Cl2N4O2S2. The van der Waals surface area contributed by atoms with Crippen LogP contribution in [-0.4, -0.2) is 26.2 Å². The average molecular weight is 415 g/mol. The molecule has 1 amide bonds. The van der Waals surface area contributed by atoms with Crippen LogP contribution in [0.25, 0.3) is 10.2 Å². The van der Waals surface area contributed by atoms with Crippen molar-refractivity contribution in [1.29, 1.82) is 0 Å². The molecule has 0 radical (unpaired) electrons. The van der Waals surface area contributed by atoms with Gasteiger partial charge in [0.1, 0.15) is 4.70 Å². The second-order valence-corrected chi connectivity index (χ2v) is 7.77. The maximum atomic E-state index is 12.2. The van der Waals surface area contributed by atoms with Gasteiger partial charge in [-0.05, 0) is 23.9 Å². The number of hydrogen-bond donors (Lipinski definition) is 1. The number of hydrogen-bond acceptors (Lipinski definition) is 6. The number of carbonyl (C=O) groups is 1. The Morgan fingerprint density at radius 2 is 2.20 bits per heavy atom. The molecule has 6 nitrogen and oxygen atoms in total. The molecule has 0 aromatic carbocycles. The standard InChI is InChI=1S/C15H12Cl2N4O2S2/c1-7-8(16)5-18-13(11(7)17)20-10(22)6-25-15-19-9-3-4-24-12(9)14(23)21(15)2/h3-5H,6H2,1-2H3,(H,18,20,22). The van der Waals surface area contributed by atoms with Gasteiger partial charge in [-0.1, -0.05) is 35.0 Å². The highest BCUT2D eigenvalue weighted by Gasteiger charge is 2.14. The first-order valence-electron chi connectivity index (χ1n) is 7.06. The summed E-state index contributed by atoms with van der Waals surface area (Å²) in [5, 5.41) is 5.66. The topological polar surface area (TPSA) is 76.9 Å². The number of thiophene rings is 1. The summed E-state index contributed by atoms with van der Waals surface area (Å²) in [5.74, 6) is 0.0142. The predicted octanol–water partition coefficient (Wildman–Crippen LogP) is 3.74. The van der Waals surface area contributed by atoms with Crippen LogP contribution in [0.3, 0.4) is 0 Å². The van der Waals surface area contributed by atoms with E-state index >= 15 is 0 Å². The summed E-state index contributed by atoms with van der Waals surface area (Å²) >= 11 is 14.6. The van der Waals surface area contributed by atoms with E-state index < -0.39 is 0 Å². The van der Waals surface area contributed by atoms with Gasteiger partial charge in [-0.25, -0.2) is 9.97 Å². The van der Waals surface area contributed by atoms with Crippen molar-refractivity contribution in [3.8, 4) is 0 Å². The lowest BCUT2D eigenvalue weighted by Crippen LogP contribution is -2.21. The number of aromatic nitrogens is 3. The predicted molar refractivity (Wildman–Crippen MR) is 103 cm³/mol. The van der Waals surface area contributed by atoms with E-state index in [2.05, 4.69) is 15.3 Å². The number of nitrogens with zero attached hydrogens (tertiary/aromatic N) is 3. The van der Waals surface area contributed by atoms with Gasteiger partial charge >= 0.3 is 0 Å². The van der Waals surface area contributed by atoms with Gasteiger partial charge in [-0.15, -0.1) is 11.3 Å². The molecule has 0 atom stereocenters. The number of carbonyl (C=O) groups excluding carboxylic acids is 1. The van der Waals surface area contributed by atoms with Gasteiger partial charge in [0, 0.05) is 13.2 Å². The molecule has 10 heteroatoms. The highest BCUT2D eigenvalue weighted by molar-refractivity contribution is 7.99. The van der Waals surface area contributed by atoms with Gasteiger partial charge in [-0.3, -0.25) is 14.2 Å². The van der Waals surface area contributed by atoms with Gasteiger partial charge in [0.05, 0.1) is 21.3 Å². The monoisotopic (exact) mass is 414 g/mol. The van der Waals surface area contributed by atoms with Crippen LogP contribution in [0.2, 0.25) is 10.0 Å². The van der Waals surface area contributed by atoms with Crippen molar-refractivity contribution < 1.29 is 4.79 Å². The minimum Gasteiger partial charge on any atom is -0.309 e. The fourth-order valence-electron chi connectivity index (χ4n) is 2.04. The maximum absolute atomic E-state index is 12.2. The Morgan fingerprint density at radius 1 is 1.44 bits per heavy atom. The summed E-state index contributed by atoms with van der Waals surface area (Å²) in [6, 6.07) is 1.78. The van der Waals surface area contributed by atoms with Crippen molar-refractivity contribution in [2.45, 2.75) is 12.1 Å². The summed E-state index contributed by atoms with van der Waals surface area (Å²) in [7, 11) is 1.63. The fraction of sp³-hybridized carbons (Fsp3) is 0.200. The molecule has 0 saturated carbocycles. The molecular weight excluding hydrogens is 403 g/mol. The van der Waals surface area contributed by atoms with Crippen LogP contribution in [0.4, 0.5) is 5.82 Å². The molecule has 0 bridgehead atoms. The van der Waals surface area contributed by atoms with E-state index in [9.17, 15) is 9.59 Å². The Balaban J connectivity index is 1.74. The van der Waals surface area contributed by atoms with Crippen LogP contribution in [0.15, 0.2) is 27.6 Å². The molecule has 0 aliphatic carbocycles. The van der Waals surface area contributed by atoms with E-state index in [0.717, 1.165) is 0 Å². The van der Waals surface area contributed by atoms with Crippen molar-refractivity contribution >= 4 is 68.2 Å². The van der Waals surface area contributed by atoms with Crippen LogP contribution in [0, 0.1) is 6.92 Å². The first kappa shape index (κ1) is 18.2. The zero-order valence-electron chi connectivity index (χ0n) is 13.2. The lowest BCUT2D eigenvalue weighted by molar-refractivity contribution is -0.113. The van der Waals surface area contributed by atoms with E-state index in [1.54, 1.807) is 20.0 Å². The fourth-order valence-corrected chi connectivity index (χ4v) is 4.01. The summed E-state index contributed by atoms with van der Waals surface area (Å²) in [5.41, 5.74) is 1.16. The number of thioether (sulfide) groups is 1. The van der Waals surface area contributed by atoms with Crippen molar-refractivity contribution in [3.05, 3.63) is 43.6 Å². The minimum absolute atomic E-state index is 0.0651. The van der Waals surface area contributed by atoms with E-state index in [1.807, 2.05) is 5.38 Å². The Bertz CT molecular complexity index is 1030. The molecule has 0 unspecified atom stereocenters. The normalized spacial score (nSPS) is 11.0. The number of amides is 1. The third-order valence-electron chi connectivity index (χ3n) is 3.44. The molecule has 3 rings (SSSR count). The third kappa shape index (κ3) is 3.67. The molecule has 0 saturated heterocycles. The quantitative estimate of drug-likeness (QED) is 0.519. The second-order valence-electron chi connectivity index (χ2n) is 5.12. The number of pyridine rings is 1. The zero-order valence-corrected chi connectivity index (χ0v) is 16.3. The number of nitrogens with one attached hydrogen (secondary N) is 1. The van der Waals surface area contributed by atoms with Gasteiger partial charge < -0.3 is 5.32 Å². The SMILES string of the molecule is Cc1c(Cl)cnc(NC(=O)CSc2nc3ccsc3c(=O)n2C)c1Cl. The van der Waals surface area contributed by atoms with Crippen LogP contribution < -0.4 is 10.9 Å². The van der Waals surface area contributed by atoms with Crippen molar-refractivity contribution in [3.63, 3.8) is 0 Å². The molecule has 0 spiro atoms. The summed E-state index contributed by atoms with van der Waals surface area (Å²) in [6.45, 7) is 1.74. The maximum Gasteiger partial charge on any atom is 0.271 e. The molecule has 0 fully saturated rings. The molecule has 3 aromatic rings. The second kappa shape index (κ2) is 7.33. The Labute approximate surface area is 161 Å². The van der Waals surface area contributed by atoms with Crippen molar-refractivity contribution in [1.82, 2.24) is 14.5 Å². The Kier molecular flexibility index (Phi) is 5.33. The number of rotatable bonds is 4. The van der Waals surface area contributed by atoms with Crippen LogP contribution >= 0.6 is 46.3 Å². The number of anilines is 1. The number of fused-ring (bicyclic) bond motifs is 1. The Morgan fingerprint density at radius 3 is 2.96 bits per heavy atom. The largest absolute Gasteiger partial charge is 0.309 e. The highest BCUT2D eigenvalue weighted by atomic mass is 35.5. The first-order chi connectivity index (χ1) is 11.9. The van der Waals surface area contributed by atoms with Gasteiger partial charge in [0.15, 0.2) is 11.0 Å². The van der Waals surface area contributed by atoms with E-state index in [1.165, 1.54) is 33.9 Å². The van der Waals surface area contributed by atoms with Gasteiger partial charge in [0.2, 0.25) is 5.91 Å². The lowest BCUT2D eigenvalue weighted by Gasteiger charge is -2.10. The van der Waals surface area contributed by atoms with Gasteiger partial charge in [-0.2, -0.15) is 0 Å². The van der Waals surface area contributed by atoms with E-state index in [0.29, 0.717) is 31.0 Å². The molecule has 1 N–H and O–H groups in total. The van der Waals surface area contributed by atoms with Crippen molar-refractivity contribution in [2.24, 2.45) is 7.05 Å². The van der Waals surface area contributed by atoms with Crippen LogP contribution in [0.1, 0.15) is 5.56 Å². The minimum atomic E-state index is -0.305. The van der Waals surface area contributed by atoms with Crippen molar-refractivity contribution in [2.75, 3.05) is 11.1 Å². The smallest absolute Gasteiger partial charge is 0.271 e. The first-order valence-corrected chi connectivity index (χ1v) is 9.68. The van der Waals surface area contributed by atoms with Gasteiger partial charge in [0.25, 0.3) is 5.56 Å². The average Bonchev–Trinajstić information content (AvgIpc) is 3.06. The third-order valence-corrected chi connectivity index (χ3v) is 6.20. The molecule has 0 aliphatic rings.